The molecule has 0 amide bonds. The van der Waals surface area contributed by atoms with Gasteiger partial charge in [0, 0.05) is 10.2 Å². The number of nitrogens with one attached hydrogen (secondary N) is 1. The van der Waals surface area contributed by atoms with Crippen LogP contribution in [0.3, 0.4) is 0 Å². The van der Waals surface area contributed by atoms with Gasteiger partial charge in [0.1, 0.15) is 0 Å². The Bertz CT molecular complexity index is 471. The first kappa shape index (κ1) is 11.2. The fourth-order valence-electron chi connectivity index (χ4n) is 1.88. The van der Waals surface area contributed by atoms with Crippen molar-refractivity contribution in [3.8, 4) is 0 Å². The van der Waals surface area contributed by atoms with Gasteiger partial charge >= 0.3 is 0 Å². The second-order valence-corrected chi connectivity index (χ2v) is 4.67. The zero-order chi connectivity index (χ0) is 11.5. The molecule has 1 aliphatic heterocycles. The van der Waals surface area contributed by atoms with Crippen LogP contribution in [0.1, 0.15) is 12.5 Å². The van der Waals surface area contributed by atoms with Crippen molar-refractivity contribution >= 4 is 27.7 Å². The van der Waals surface area contributed by atoms with Crippen LogP contribution in [-0.4, -0.2) is 6.04 Å². The molecule has 1 aromatic rings. The predicted octanol–water partition coefficient (Wildman–Crippen LogP) is 4.35. The summed E-state index contributed by atoms with van der Waals surface area (Å²) in [5.41, 5.74) is 3.57. The van der Waals surface area contributed by atoms with Crippen LogP contribution in [0, 0.1) is 0 Å². The first-order valence-electron chi connectivity index (χ1n) is 5.27. The first-order chi connectivity index (χ1) is 7.72. The molecule has 1 N–H and O–H groups in total. The number of allylic oxidation sites excluding steroid dienone is 1. The summed E-state index contributed by atoms with van der Waals surface area (Å²) in [6.45, 7) is 5.96. The van der Waals surface area contributed by atoms with Crippen LogP contribution in [-0.2, 0) is 0 Å². The molecule has 0 radical (unpaired) electrons. The van der Waals surface area contributed by atoms with E-state index in [0.29, 0.717) is 0 Å². The summed E-state index contributed by atoms with van der Waals surface area (Å²) in [5.74, 6) is 0. The van der Waals surface area contributed by atoms with Crippen LogP contribution < -0.4 is 5.32 Å². The molecular weight excluding hydrogens is 262 g/mol. The quantitative estimate of drug-likeness (QED) is 0.792. The van der Waals surface area contributed by atoms with E-state index in [-0.39, 0.29) is 6.04 Å². The number of rotatable bonds is 2. The topological polar surface area (TPSA) is 12.0 Å². The SMILES string of the molecule is C=C(Br)/C(=C\C)C1C=Cc2ccccc2N1. The number of halogens is 1. The maximum atomic E-state index is 3.93. The van der Waals surface area contributed by atoms with Crippen molar-refractivity contribution in [2.45, 2.75) is 13.0 Å². The molecule has 1 unspecified atom stereocenters. The number of hydrogen-bond donors (Lipinski definition) is 1. The molecule has 0 saturated heterocycles. The zero-order valence-corrected chi connectivity index (χ0v) is 10.8. The summed E-state index contributed by atoms with van der Waals surface area (Å²) >= 11 is 3.44. The Labute approximate surface area is 105 Å². The average Bonchev–Trinajstić information content (AvgIpc) is 2.29. The molecule has 2 heteroatoms. The summed E-state index contributed by atoms with van der Waals surface area (Å²) in [6.07, 6.45) is 6.38. The highest BCUT2D eigenvalue weighted by Gasteiger charge is 2.16. The smallest absolute Gasteiger partial charge is 0.0708 e. The van der Waals surface area contributed by atoms with Crippen molar-refractivity contribution in [2.75, 3.05) is 5.32 Å². The van der Waals surface area contributed by atoms with Crippen molar-refractivity contribution in [2.24, 2.45) is 0 Å². The average molecular weight is 276 g/mol. The van der Waals surface area contributed by atoms with Gasteiger partial charge in [0.05, 0.1) is 6.04 Å². The van der Waals surface area contributed by atoms with Crippen molar-refractivity contribution < 1.29 is 0 Å². The largest absolute Gasteiger partial charge is 0.374 e. The Morgan fingerprint density at radius 1 is 1.44 bits per heavy atom. The molecule has 0 spiro atoms. The van der Waals surface area contributed by atoms with E-state index in [1.165, 1.54) is 16.8 Å². The molecule has 0 fully saturated rings. The van der Waals surface area contributed by atoms with Gasteiger partial charge < -0.3 is 5.32 Å². The first-order valence-corrected chi connectivity index (χ1v) is 6.06. The van der Waals surface area contributed by atoms with Gasteiger partial charge in [-0.3, -0.25) is 0 Å². The predicted molar refractivity (Wildman–Crippen MR) is 74.7 cm³/mol. The standard InChI is InChI=1S/C14H14BrN/c1-3-12(10(2)15)14-9-8-11-6-4-5-7-13(11)16-14/h3-9,14,16H,2H2,1H3/b12-3+. The molecule has 82 valence electrons. The van der Waals surface area contributed by atoms with Gasteiger partial charge in [0.2, 0.25) is 0 Å². The molecule has 0 bridgehead atoms. The Hall–Kier alpha value is -1.28. The summed E-state index contributed by atoms with van der Waals surface area (Å²) < 4.78 is 0.927. The van der Waals surface area contributed by atoms with Crippen molar-refractivity contribution in [3.05, 3.63) is 58.6 Å². The Morgan fingerprint density at radius 2 is 2.19 bits per heavy atom. The molecule has 0 saturated carbocycles. The van der Waals surface area contributed by atoms with Crippen LogP contribution in [0.4, 0.5) is 5.69 Å². The lowest BCUT2D eigenvalue weighted by Crippen LogP contribution is -2.22. The van der Waals surface area contributed by atoms with E-state index in [2.05, 4.69) is 58.2 Å². The van der Waals surface area contributed by atoms with E-state index in [4.69, 9.17) is 0 Å². The molecule has 1 nitrogen and oxygen atoms in total. The minimum absolute atomic E-state index is 0.201. The highest BCUT2D eigenvalue weighted by Crippen LogP contribution is 2.28. The van der Waals surface area contributed by atoms with Crippen LogP contribution in [0.2, 0.25) is 0 Å². The molecule has 2 rings (SSSR count). The summed E-state index contributed by atoms with van der Waals surface area (Å²) in [4.78, 5) is 0. The maximum Gasteiger partial charge on any atom is 0.0708 e. The lowest BCUT2D eigenvalue weighted by molar-refractivity contribution is 1.04. The van der Waals surface area contributed by atoms with Crippen LogP contribution >= 0.6 is 15.9 Å². The molecular formula is C14H14BrN. The lowest BCUT2D eigenvalue weighted by atomic mass is 10.00. The van der Waals surface area contributed by atoms with Crippen LogP contribution in [0.5, 0.6) is 0 Å². The fraction of sp³-hybridized carbons (Fsp3) is 0.143. The summed E-state index contributed by atoms with van der Waals surface area (Å²) in [7, 11) is 0. The van der Waals surface area contributed by atoms with E-state index in [1.807, 2.05) is 19.1 Å². The third-order valence-corrected chi connectivity index (χ3v) is 3.16. The number of fused-ring (bicyclic) bond motifs is 1. The Kier molecular flexibility index (Phi) is 3.30. The number of anilines is 1. The van der Waals surface area contributed by atoms with Gasteiger partial charge in [-0.15, -0.1) is 0 Å². The lowest BCUT2D eigenvalue weighted by Gasteiger charge is -2.24. The summed E-state index contributed by atoms with van der Waals surface area (Å²) in [6, 6.07) is 8.49. The molecule has 0 aromatic heterocycles. The van der Waals surface area contributed by atoms with E-state index in [9.17, 15) is 0 Å². The normalized spacial score (nSPS) is 18.9. The minimum atomic E-state index is 0.201. The van der Waals surface area contributed by atoms with Crippen molar-refractivity contribution in [1.82, 2.24) is 0 Å². The molecule has 1 aliphatic rings. The molecule has 0 aliphatic carbocycles. The van der Waals surface area contributed by atoms with Gasteiger partial charge in [-0.2, -0.15) is 0 Å². The van der Waals surface area contributed by atoms with Gasteiger partial charge in [-0.25, -0.2) is 0 Å². The van der Waals surface area contributed by atoms with E-state index in [0.717, 1.165) is 4.48 Å². The molecule has 16 heavy (non-hydrogen) atoms. The van der Waals surface area contributed by atoms with Crippen LogP contribution in [0.25, 0.3) is 6.08 Å². The van der Waals surface area contributed by atoms with Gasteiger partial charge in [-0.05, 0) is 24.1 Å². The van der Waals surface area contributed by atoms with E-state index >= 15 is 0 Å². The van der Waals surface area contributed by atoms with Gasteiger partial charge in [0.15, 0.2) is 0 Å². The second kappa shape index (κ2) is 4.71. The van der Waals surface area contributed by atoms with Crippen LogP contribution in [0.15, 0.2) is 53.1 Å². The van der Waals surface area contributed by atoms with E-state index in [1.54, 1.807) is 0 Å². The number of para-hydroxylation sites is 1. The monoisotopic (exact) mass is 275 g/mol. The molecule has 1 aromatic carbocycles. The van der Waals surface area contributed by atoms with Crippen molar-refractivity contribution in [3.63, 3.8) is 0 Å². The van der Waals surface area contributed by atoms with E-state index < -0.39 is 0 Å². The van der Waals surface area contributed by atoms with Gasteiger partial charge in [-0.1, -0.05) is 58.9 Å². The fourth-order valence-corrected chi connectivity index (χ4v) is 2.35. The third-order valence-electron chi connectivity index (χ3n) is 2.70. The molecule has 1 atom stereocenters. The summed E-state index contributed by atoms with van der Waals surface area (Å²) in [5, 5.41) is 3.48. The number of benzene rings is 1. The number of hydrogen-bond acceptors (Lipinski definition) is 1. The minimum Gasteiger partial charge on any atom is -0.374 e. The Morgan fingerprint density at radius 3 is 2.88 bits per heavy atom. The highest BCUT2D eigenvalue weighted by molar-refractivity contribution is 9.11. The zero-order valence-electron chi connectivity index (χ0n) is 9.20. The molecule has 1 heterocycles. The third kappa shape index (κ3) is 2.12. The highest BCUT2D eigenvalue weighted by atomic mass is 79.9. The second-order valence-electron chi connectivity index (χ2n) is 3.72. The van der Waals surface area contributed by atoms with Crippen molar-refractivity contribution in [1.29, 1.82) is 0 Å². The van der Waals surface area contributed by atoms with Gasteiger partial charge in [0.25, 0.3) is 0 Å². The maximum absolute atomic E-state index is 3.93. The Balaban J connectivity index is 2.30.